The van der Waals surface area contributed by atoms with Gasteiger partial charge in [-0.05, 0) is 62.1 Å². The van der Waals surface area contributed by atoms with E-state index in [1.54, 1.807) is 23.4 Å². The van der Waals surface area contributed by atoms with Crippen molar-refractivity contribution in [3.63, 3.8) is 0 Å². The van der Waals surface area contributed by atoms with E-state index in [4.69, 9.17) is 25.5 Å². The van der Waals surface area contributed by atoms with E-state index in [-0.39, 0.29) is 23.6 Å². The van der Waals surface area contributed by atoms with E-state index < -0.39 is 0 Å². The second-order valence-electron chi connectivity index (χ2n) is 7.46. The molecular formula is C22H21ClN4O3. The summed E-state index contributed by atoms with van der Waals surface area (Å²) >= 11 is 6.32. The molecule has 2 aliphatic rings. The van der Waals surface area contributed by atoms with Crippen LogP contribution in [0.15, 0.2) is 62.5 Å². The number of carbonyl (C=O) groups is 1. The number of hydrogen-bond acceptors (Lipinski definition) is 5. The number of nitrogens with zero attached hydrogens (tertiary/aromatic N) is 4. The van der Waals surface area contributed by atoms with Gasteiger partial charge in [-0.2, -0.15) is 10.2 Å². The Labute approximate surface area is 178 Å². The summed E-state index contributed by atoms with van der Waals surface area (Å²) in [5.41, 5.74) is 2.19. The number of aromatic nitrogens is 2. The van der Waals surface area contributed by atoms with Crippen LogP contribution in [0, 0.1) is 5.92 Å². The summed E-state index contributed by atoms with van der Waals surface area (Å²) < 4.78 is 12.9. The average molecular weight is 425 g/mol. The van der Waals surface area contributed by atoms with Crippen LogP contribution in [-0.2, 0) is 6.54 Å². The molecule has 4 heterocycles. The molecule has 8 heteroatoms. The Balaban J connectivity index is 1.57. The van der Waals surface area contributed by atoms with Crippen LogP contribution in [0.1, 0.15) is 54.2 Å². The zero-order chi connectivity index (χ0) is 20.7. The molecule has 1 saturated carbocycles. The Kier molecular flexibility index (Phi) is 4.83. The zero-order valence-electron chi connectivity index (χ0n) is 16.5. The molecule has 0 unspecified atom stereocenters. The number of rotatable bonds is 4. The molecule has 1 fully saturated rings. The van der Waals surface area contributed by atoms with Crippen LogP contribution in [0.5, 0.6) is 0 Å². The van der Waals surface area contributed by atoms with E-state index in [1.807, 2.05) is 37.3 Å². The summed E-state index contributed by atoms with van der Waals surface area (Å²) in [6, 6.07) is 7.16. The molecule has 0 saturated heterocycles. The van der Waals surface area contributed by atoms with Gasteiger partial charge in [-0.15, -0.1) is 0 Å². The van der Waals surface area contributed by atoms with Crippen molar-refractivity contribution in [3.05, 3.63) is 70.8 Å². The van der Waals surface area contributed by atoms with E-state index in [0.717, 1.165) is 36.3 Å². The Bertz CT molecular complexity index is 1110. The second kappa shape index (κ2) is 7.65. The highest BCUT2D eigenvalue weighted by Crippen LogP contribution is 2.45. The lowest BCUT2D eigenvalue weighted by molar-refractivity contribution is 0.0649. The smallest absolute Gasteiger partial charge is 0.296 e. The third-order valence-corrected chi connectivity index (χ3v) is 5.92. The monoisotopic (exact) mass is 424 g/mol. The summed E-state index contributed by atoms with van der Waals surface area (Å²) in [6.45, 7) is 2.57. The minimum Gasteiger partial charge on any atom is -0.467 e. The van der Waals surface area contributed by atoms with Crippen molar-refractivity contribution in [2.75, 3.05) is 0 Å². The van der Waals surface area contributed by atoms with Crippen LogP contribution >= 0.6 is 11.6 Å². The Morgan fingerprint density at radius 1 is 1.30 bits per heavy atom. The largest absolute Gasteiger partial charge is 0.467 e. The summed E-state index contributed by atoms with van der Waals surface area (Å²) in [7, 11) is 0. The maximum Gasteiger partial charge on any atom is 0.296 e. The van der Waals surface area contributed by atoms with Crippen LogP contribution in [0.4, 0.5) is 0 Å². The molecule has 154 valence electrons. The van der Waals surface area contributed by atoms with Crippen LogP contribution in [0.25, 0.3) is 6.08 Å². The maximum absolute atomic E-state index is 13.4. The van der Waals surface area contributed by atoms with Crippen LogP contribution < -0.4 is 0 Å². The normalized spacial score (nSPS) is 22.4. The Morgan fingerprint density at radius 3 is 2.83 bits per heavy atom. The van der Waals surface area contributed by atoms with Crippen molar-refractivity contribution in [2.45, 2.75) is 38.8 Å². The van der Waals surface area contributed by atoms with Gasteiger partial charge < -0.3 is 8.83 Å². The second-order valence-corrected chi connectivity index (χ2v) is 7.87. The summed E-state index contributed by atoms with van der Waals surface area (Å²) in [6.07, 6.45) is 9.75. The fraction of sp³-hybridized carbons (Fsp3) is 0.318. The molecule has 0 spiro atoms. The molecule has 0 radical (unpaired) electrons. The van der Waals surface area contributed by atoms with Crippen molar-refractivity contribution >= 4 is 29.3 Å². The first kappa shape index (κ1) is 18.9. The molecule has 5 rings (SSSR count). The Morgan fingerprint density at radius 2 is 2.13 bits per heavy atom. The quantitative estimate of drug-likeness (QED) is 0.578. The van der Waals surface area contributed by atoms with Gasteiger partial charge in [0.05, 0.1) is 23.3 Å². The minimum absolute atomic E-state index is 0.0436. The van der Waals surface area contributed by atoms with Crippen LogP contribution in [-0.4, -0.2) is 26.4 Å². The lowest BCUT2D eigenvalue weighted by Crippen LogP contribution is -2.32. The number of halogens is 1. The van der Waals surface area contributed by atoms with E-state index in [0.29, 0.717) is 17.3 Å². The van der Waals surface area contributed by atoms with Crippen molar-refractivity contribution in [1.29, 1.82) is 0 Å². The predicted molar refractivity (Wildman–Crippen MR) is 112 cm³/mol. The van der Waals surface area contributed by atoms with Gasteiger partial charge in [0.1, 0.15) is 17.6 Å². The van der Waals surface area contributed by atoms with Crippen molar-refractivity contribution < 1.29 is 13.6 Å². The molecule has 0 N–H and O–H groups in total. The lowest BCUT2D eigenvalue weighted by Gasteiger charge is -2.27. The van der Waals surface area contributed by atoms with E-state index in [9.17, 15) is 4.79 Å². The van der Waals surface area contributed by atoms with Gasteiger partial charge in [0.15, 0.2) is 5.69 Å². The summed E-state index contributed by atoms with van der Waals surface area (Å²) in [5, 5.41) is 10.9. The third-order valence-electron chi connectivity index (χ3n) is 5.65. The number of amides is 1. The molecule has 1 amide bonds. The predicted octanol–water partition coefficient (Wildman–Crippen LogP) is 5.18. The van der Waals surface area contributed by atoms with E-state index in [1.165, 1.54) is 5.01 Å². The van der Waals surface area contributed by atoms with Gasteiger partial charge in [-0.1, -0.05) is 11.6 Å². The Hall–Kier alpha value is -3.06. The molecule has 0 bridgehead atoms. The van der Waals surface area contributed by atoms with Crippen LogP contribution in [0.2, 0.25) is 5.02 Å². The van der Waals surface area contributed by atoms with Crippen molar-refractivity contribution in [3.8, 4) is 0 Å². The van der Waals surface area contributed by atoms with Gasteiger partial charge in [-0.25, -0.2) is 5.01 Å². The lowest BCUT2D eigenvalue weighted by atomic mass is 9.79. The first-order valence-corrected chi connectivity index (χ1v) is 10.5. The molecule has 7 nitrogen and oxygen atoms in total. The molecule has 2 atom stereocenters. The van der Waals surface area contributed by atoms with Gasteiger partial charge in [0.25, 0.3) is 5.91 Å². The summed E-state index contributed by atoms with van der Waals surface area (Å²) in [4.78, 5) is 13.4. The van der Waals surface area contributed by atoms with Gasteiger partial charge in [-0.3, -0.25) is 9.48 Å². The van der Waals surface area contributed by atoms with Crippen molar-refractivity contribution in [2.24, 2.45) is 11.0 Å². The highest BCUT2D eigenvalue weighted by atomic mass is 35.5. The number of hydrogen-bond donors (Lipinski definition) is 0. The number of fused-ring (bicyclic) bond motifs is 1. The highest BCUT2D eigenvalue weighted by molar-refractivity contribution is 6.33. The molecule has 1 aliphatic carbocycles. The highest BCUT2D eigenvalue weighted by Gasteiger charge is 2.46. The van der Waals surface area contributed by atoms with Crippen LogP contribution in [0.3, 0.4) is 0 Å². The fourth-order valence-corrected chi connectivity index (χ4v) is 4.49. The first-order valence-electron chi connectivity index (χ1n) is 10.1. The number of allylic oxidation sites excluding steroid dienone is 1. The van der Waals surface area contributed by atoms with E-state index in [2.05, 4.69) is 5.10 Å². The molecule has 3 aromatic rings. The molecule has 30 heavy (non-hydrogen) atoms. The number of carbonyl (C=O) groups excluding carboxylic acids is 1. The molecular weight excluding hydrogens is 404 g/mol. The van der Waals surface area contributed by atoms with Crippen molar-refractivity contribution in [1.82, 2.24) is 14.8 Å². The third kappa shape index (κ3) is 3.19. The number of aryl methyl sites for hydroxylation is 1. The maximum atomic E-state index is 13.4. The number of hydrazone groups is 1. The molecule has 0 aromatic carbocycles. The zero-order valence-corrected chi connectivity index (χ0v) is 17.2. The topological polar surface area (TPSA) is 76.8 Å². The van der Waals surface area contributed by atoms with Gasteiger partial charge >= 0.3 is 0 Å². The van der Waals surface area contributed by atoms with Gasteiger partial charge in [0, 0.05) is 18.7 Å². The molecule has 3 aromatic heterocycles. The standard InChI is InChI=1S/C22H21ClN4O3/c1-2-26-13-17(23)20(24-26)22(28)27-21(18-9-5-11-30-18)16-8-3-6-14(19(16)25-27)12-15-7-4-10-29-15/h4-5,7,9-13,16,21H,2-3,6,8H2,1H3/b14-12+/t16-,21+/m1/s1. The SMILES string of the molecule is CCn1cc(Cl)c(C(=O)N2N=C3/C(=C/c4ccco4)CCC[C@H]3[C@H]2c2ccco2)n1. The van der Waals surface area contributed by atoms with Gasteiger partial charge in [0.2, 0.25) is 0 Å². The van der Waals surface area contributed by atoms with E-state index >= 15 is 0 Å². The summed E-state index contributed by atoms with van der Waals surface area (Å²) in [5.74, 6) is 1.20. The molecule has 1 aliphatic heterocycles. The number of furan rings is 2. The average Bonchev–Trinajstić information content (AvgIpc) is 3.53. The minimum atomic E-state index is -0.328. The first-order chi connectivity index (χ1) is 14.7. The fourth-order valence-electron chi connectivity index (χ4n) is 4.26.